The van der Waals surface area contributed by atoms with Crippen molar-refractivity contribution in [3.05, 3.63) is 52.5 Å². The molecule has 0 bridgehead atoms. The van der Waals surface area contributed by atoms with Crippen molar-refractivity contribution in [2.24, 2.45) is 7.05 Å². The molecule has 0 radical (unpaired) electrons. The molecule has 1 amide bonds. The Morgan fingerprint density at radius 2 is 2.35 bits per heavy atom. The number of rotatable bonds is 3. The average Bonchev–Trinajstić information content (AvgIpc) is 2.73. The number of halogens is 1. The van der Waals surface area contributed by atoms with Gasteiger partial charge in [0.15, 0.2) is 0 Å². The molecule has 1 heterocycles. The summed E-state index contributed by atoms with van der Waals surface area (Å²) in [5.74, 6) is -0.162. The molecule has 2 aromatic rings. The highest BCUT2D eigenvalue weighted by Crippen LogP contribution is 2.11. The second-order valence-corrected chi connectivity index (χ2v) is 4.65. The zero-order chi connectivity index (χ0) is 12.3. The summed E-state index contributed by atoms with van der Waals surface area (Å²) in [5.41, 5.74) is 1.48. The van der Waals surface area contributed by atoms with Gasteiger partial charge in [-0.15, -0.1) is 0 Å². The van der Waals surface area contributed by atoms with Crippen LogP contribution in [-0.2, 0) is 13.6 Å². The lowest BCUT2D eigenvalue weighted by Gasteiger charge is -2.03. The molecule has 0 fully saturated rings. The van der Waals surface area contributed by atoms with Crippen LogP contribution in [0.5, 0.6) is 0 Å². The summed E-state index contributed by atoms with van der Waals surface area (Å²) >= 11 is 3.39. The smallest absolute Gasteiger partial charge is 0.271 e. The number of nitrogens with zero attached hydrogens (tertiary/aromatic N) is 2. The van der Waals surface area contributed by atoms with E-state index in [9.17, 15) is 4.79 Å². The highest BCUT2D eigenvalue weighted by molar-refractivity contribution is 9.10. The number of carbonyl (C=O) groups is 1. The van der Waals surface area contributed by atoms with E-state index in [4.69, 9.17) is 0 Å². The lowest BCUT2D eigenvalue weighted by atomic mass is 10.2. The molecule has 0 unspecified atom stereocenters. The summed E-state index contributed by atoms with van der Waals surface area (Å²) in [7, 11) is 1.83. The monoisotopic (exact) mass is 293 g/mol. The summed E-state index contributed by atoms with van der Waals surface area (Å²) in [4.78, 5) is 15.7. The Labute approximate surface area is 108 Å². The van der Waals surface area contributed by atoms with Crippen molar-refractivity contribution in [1.29, 1.82) is 0 Å². The Balaban J connectivity index is 1.97. The third-order valence-electron chi connectivity index (χ3n) is 2.28. The second-order valence-electron chi connectivity index (χ2n) is 3.74. The zero-order valence-electron chi connectivity index (χ0n) is 9.35. The Hall–Kier alpha value is -1.62. The summed E-state index contributed by atoms with van der Waals surface area (Å²) in [6, 6.07) is 7.82. The number of nitrogens with one attached hydrogen (secondary N) is 1. The third-order valence-corrected chi connectivity index (χ3v) is 2.77. The molecule has 1 N–H and O–H groups in total. The van der Waals surface area contributed by atoms with E-state index >= 15 is 0 Å². The van der Waals surface area contributed by atoms with Crippen molar-refractivity contribution in [3.63, 3.8) is 0 Å². The Morgan fingerprint density at radius 1 is 1.53 bits per heavy atom. The highest BCUT2D eigenvalue weighted by atomic mass is 79.9. The van der Waals surface area contributed by atoms with Crippen LogP contribution in [-0.4, -0.2) is 15.5 Å². The molecule has 0 aliphatic carbocycles. The largest absolute Gasteiger partial charge is 0.347 e. The number of amides is 1. The lowest BCUT2D eigenvalue weighted by molar-refractivity contribution is 0.0946. The van der Waals surface area contributed by atoms with E-state index in [1.807, 2.05) is 31.3 Å². The van der Waals surface area contributed by atoms with Gasteiger partial charge in [-0.2, -0.15) is 0 Å². The number of hydrogen-bond donors (Lipinski definition) is 1. The highest BCUT2D eigenvalue weighted by Gasteiger charge is 2.07. The predicted octanol–water partition coefficient (Wildman–Crippen LogP) is 2.11. The topological polar surface area (TPSA) is 46.9 Å². The standard InChI is InChI=1S/C12H12BrN3O/c1-16-7-11(15-8-16)12(17)14-6-9-3-2-4-10(13)5-9/h2-5,7-8H,6H2,1H3,(H,14,17). The van der Waals surface area contributed by atoms with E-state index in [2.05, 4.69) is 26.2 Å². The minimum Gasteiger partial charge on any atom is -0.347 e. The fourth-order valence-corrected chi connectivity index (χ4v) is 1.90. The van der Waals surface area contributed by atoms with E-state index in [1.165, 1.54) is 0 Å². The van der Waals surface area contributed by atoms with Gasteiger partial charge in [-0.25, -0.2) is 4.98 Å². The number of hydrogen-bond acceptors (Lipinski definition) is 2. The first-order valence-electron chi connectivity index (χ1n) is 5.16. The molecule has 0 spiro atoms. The molecule has 1 aromatic heterocycles. The van der Waals surface area contributed by atoms with Crippen LogP contribution in [0.2, 0.25) is 0 Å². The summed E-state index contributed by atoms with van der Waals surface area (Å²) in [6.45, 7) is 0.495. The molecule has 4 nitrogen and oxygen atoms in total. The van der Waals surface area contributed by atoms with Crippen LogP contribution >= 0.6 is 15.9 Å². The minimum absolute atomic E-state index is 0.162. The van der Waals surface area contributed by atoms with Crippen molar-refractivity contribution in [3.8, 4) is 0 Å². The molecule has 17 heavy (non-hydrogen) atoms. The van der Waals surface area contributed by atoms with Crippen molar-refractivity contribution in [2.45, 2.75) is 6.54 Å². The number of benzene rings is 1. The molecule has 5 heteroatoms. The van der Waals surface area contributed by atoms with Crippen LogP contribution < -0.4 is 5.32 Å². The van der Waals surface area contributed by atoms with Crippen LogP contribution in [0.25, 0.3) is 0 Å². The van der Waals surface area contributed by atoms with Gasteiger partial charge >= 0.3 is 0 Å². The van der Waals surface area contributed by atoms with Gasteiger partial charge in [0, 0.05) is 24.3 Å². The molecule has 1 aromatic carbocycles. The maximum absolute atomic E-state index is 11.7. The fourth-order valence-electron chi connectivity index (χ4n) is 1.45. The Kier molecular flexibility index (Phi) is 3.58. The van der Waals surface area contributed by atoms with Gasteiger partial charge in [-0.05, 0) is 17.7 Å². The van der Waals surface area contributed by atoms with Crippen LogP contribution in [0.1, 0.15) is 16.1 Å². The number of aryl methyl sites for hydroxylation is 1. The van der Waals surface area contributed by atoms with Gasteiger partial charge in [0.05, 0.1) is 6.33 Å². The van der Waals surface area contributed by atoms with Crippen molar-refractivity contribution in [2.75, 3.05) is 0 Å². The minimum atomic E-state index is -0.162. The second kappa shape index (κ2) is 5.14. The maximum atomic E-state index is 11.7. The van der Waals surface area contributed by atoms with Crippen LogP contribution in [0.3, 0.4) is 0 Å². The number of imidazole rings is 1. The molecule has 2 rings (SSSR count). The number of carbonyl (C=O) groups excluding carboxylic acids is 1. The van der Waals surface area contributed by atoms with E-state index in [1.54, 1.807) is 17.1 Å². The van der Waals surface area contributed by atoms with Crippen LogP contribution in [0.4, 0.5) is 0 Å². The summed E-state index contributed by atoms with van der Waals surface area (Å²) < 4.78 is 2.75. The number of aromatic nitrogens is 2. The van der Waals surface area contributed by atoms with Gasteiger partial charge in [-0.1, -0.05) is 28.1 Å². The first-order chi connectivity index (χ1) is 8.15. The SMILES string of the molecule is Cn1cnc(C(=O)NCc2cccc(Br)c2)c1. The van der Waals surface area contributed by atoms with Crippen molar-refractivity contribution >= 4 is 21.8 Å². The van der Waals surface area contributed by atoms with Crippen molar-refractivity contribution in [1.82, 2.24) is 14.9 Å². The third kappa shape index (κ3) is 3.17. The van der Waals surface area contributed by atoms with Gasteiger partial charge < -0.3 is 9.88 Å². The first kappa shape index (κ1) is 11.9. The van der Waals surface area contributed by atoms with Crippen molar-refractivity contribution < 1.29 is 4.79 Å². The molecule has 0 saturated carbocycles. The van der Waals surface area contributed by atoms with Gasteiger partial charge in [0.1, 0.15) is 5.69 Å². The van der Waals surface area contributed by atoms with E-state index < -0.39 is 0 Å². The molecular weight excluding hydrogens is 282 g/mol. The predicted molar refractivity (Wildman–Crippen MR) is 68.5 cm³/mol. The Bertz CT molecular complexity index is 536. The molecule has 0 atom stereocenters. The quantitative estimate of drug-likeness (QED) is 0.942. The van der Waals surface area contributed by atoms with E-state index in [-0.39, 0.29) is 5.91 Å². The van der Waals surface area contributed by atoms with E-state index in [0.717, 1.165) is 10.0 Å². The van der Waals surface area contributed by atoms with Crippen LogP contribution in [0.15, 0.2) is 41.3 Å². The first-order valence-corrected chi connectivity index (χ1v) is 5.95. The van der Waals surface area contributed by atoms with Crippen LogP contribution in [0, 0.1) is 0 Å². The fraction of sp³-hybridized carbons (Fsp3) is 0.167. The lowest BCUT2D eigenvalue weighted by Crippen LogP contribution is -2.23. The van der Waals surface area contributed by atoms with Gasteiger partial charge in [0.25, 0.3) is 5.91 Å². The molecular formula is C12H12BrN3O. The maximum Gasteiger partial charge on any atom is 0.271 e. The van der Waals surface area contributed by atoms with Gasteiger partial charge in [-0.3, -0.25) is 4.79 Å². The van der Waals surface area contributed by atoms with E-state index in [0.29, 0.717) is 12.2 Å². The van der Waals surface area contributed by atoms with Gasteiger partial charge in [0.2, 0.25) is 0 Å². The average molecular weight is 294 g/mol. The molecule has 0 aliphatic heterocycles. The normalized spacial score (nSPS) is 10.2. The Morgan fingerprint density at radius 3 is 3.00 bits per heavy atom. The summed E-state index contributed by atoms with van der Waals surface area (Å²) in [5, 5.41) is 2.82. The zero-order valence-corrected chi connectivity index (χ0v) is 10.9. The molecule has 0 aliphatic rings. The molecule has 0 saturated heterocycles. The molecule has 88 valence electrons. The summed E-state index contributed by atoms with van der Waals surface area (Å²) in [6.07, 6.45) is 3.30.